The smallest absolute Gasteiger partial charge is 0.316 e. The van der Waals surface area contributed by atoms with Gasteiger partial charge < -0.3 is 9.47 Å². The summed E-state index contributed by atoms with van der Waals surface area (Å²) < 4.78 is 11.8. The van der Waals surface area contributed by atoms with Crippen LogP contribution < -0.4 is 4.74 Å². The molecular formula is C11H14N4O3S. The van der Waals surface area contributed by atoms with Gasteiger partial charge >= 0.3 is 5.97 Å². The molecule has 0 N–H and O–H groups in total. The molecule has 7 nitrogen and oxygen atoms in total. The fourth-order valence-electron chi connectivity index (χ4n) is 1.51. The minimum Gasteiger partial charge on any atom is -0.468 e. The second-order valence-electron chi connectivity index (χ2n) is 3.60. The Hall–Kier alpha value is -1.83. The molecule has 0 aliphatic heterocycles. The lowest BCUT2D eigenvalue weighted by molar-refractivity contribution is -0.137. The third kappa shape index (κ3) is 2.78. The minimum atomic E-state index is -0.308. The SMILES string of the molecule is CCOc1nc2c(SCC(=O)OC)ncnc2n1C. The Labute approximate surface area is 114 Å². The van der Waals surface area contributed by atoms with Gasteiger partial charge in [-0.25, -0.2) is 9.97 Å². The highest BCUT2D eigenvalue weighted by atomic mass is 32.2. The summed E-state index contributed by atoms with van der Waals surface area (Å²) in [5, 5.41) is 0.636. The van der Waals surface area contributed by atoms with Crippen LogP contribution in [0.15, 0.2) is 11.4 Å². The molecule has 0 saturated carbocycles. The zero-order valence-corrected chi connectivity index (χ0v) is 11.7. The number of thioether (sulfide) groups is 1. The summed E-state index contributed by atoms with van der Waals surface area (Å²) in [6, 6.07) is 0.484. The van der Waals surface area contributed by atoms with Gasteiger partial charge in [-0.1, -0.05) is 11.8 Å². The number of esters is 1. The van der Waals surface area contributed by atoms with Gasteiger partial charge in [-0.2, -0.15) is 4.98 Å². The highest BCUT2D eigenvalue weighted by molar-refractivity contribution is 8.00. The molecule has 0 aromatic carbocycles. The van der Waals surface area contributed by atoms with Gasteiger partial charge in [0.1, 0.15) is 16.9 Å². The number of aromatic nitrogens is 4. The van der Waals surface area contributed by atoms with Crippen molar-refractivity contribution < 1.29 is 14.3 Å². The van der Waals surface area contributed by atoms with Gasteiger partial charge in [0.2, 0.25) is 0 Å². The van der Waals surface area contributed by atoms with Gasteiger partial charge in [0, 0.05) is 7.05 Å². The summed E-state index contributed by atoms with van der Waals surface area (Å²) in [4.78, 5) is 23.8. The average molecular weight is 282 g/mol. The summed E-state index contributed by atoms with van der Waals surface area (Å²) in [5.74, 6) is -0.124. The van der Waals surface area contributed by atoms with E-state index in [1.54, 1.807) is 4.57 Å². The van der Waals surface area contributed by atoms with Crippen molar-refractivity contribution in [1.82, 2.24) is 19.5 Å². The number of carbonyl (C=O) groups is 1. The van der Waals surface area contributed by atoms with Crippen molar-refractivity contribution in [3.8, 4) is 6.01 Å². The van der Waals surface area contributed by atoms with Crippen LogP contribution in [0, 0.1) is 0 Å². The number of imidazole rings is 1. The molecule has 19 heavy (non-hydrogen) atoms. The first-order valence-corrected chi connectivity index (χ1v) is 6.65. The number of methoxy groups -OCH3 is 1. The molecule has 0 radical (unpaired) electrons. The molecule has 0 spiro atoms. The molecule has 2 aromatic rings. The Balaban J connectivity index is 2.34. The number of hydrogen-bond donors (Lipinski definition) is 0. The quantitative estimate of drug-likeness (QED) is 0.460. The maximum atomic E-state index is 11.2. The van der Waals surface area contributed by atoms with Gasteiger partial charge in [-0.3, -0.25) is 9.36 Å². The first-order valence-electron chi connectivity index (χ1n) is 5.67. The van der Waals surface area contributed by atoms with Crippen LogP contribution in [0.4, 0.5) is 0 Å². The Kier molecular flexibility index (Phi) is 4.20. The second-order valence-corrected chi connectivity index (χ2v) is 4.57. The fraction of sp³-hybridized carbons (Fsp3) is 0.455. The van der Waals surface area contributed by atoms with Gasteiger partial charge in [0.05, 0.1) is 19.5 Å². The third-order valence-corrected chi connectivity index (χ3v) is 3.36. The molecule has 2 heterocycles. The Bertz CT molecular complexity index is 599. The Morgan fingerprint density at radius 3 is 2.95 bits per heavy atom. The van der Waals surface area contributed by atoms with Crippen molar-refractivity contribution in [3.05, 3.63) is 6.33 Å². The topological polar surface area (TPSA) is 79.1 Å². The molecule has 0 fully saturated rings. The van der Waals surface area contributed by atoms with Crippen LogP contribution in [0.1, 0.15) is 6.92 Å². The van der Waals surface area contributed by atoms with E-state index < -0.39 is 0 Å². The van der Waals surface area contributed by atoms with Crippen molar-refractivity contribution in [3.63, 3.8) is 0 Å². The van der Waals surface area contributed by atoms with Crippen LogP contribution >= 0.6 is 11.8 Å². The first kappa shape index (κ1) is 13.6. The molecule has 0 unspecified atom stereocenters. The van der Waals surface area contributed by atoms with Crippen LogP contribution in [0.2, 0.25) is 0 Å². The summed E-state index contributed by atoms with van der Waals surface area (Å²) in [6.45, 7) is 2.41. The zero-order valence-electron chi connectivity index (χ0n) is 10.9. The van der Waals surface area contributed by atoms with Crippen LogP contribution in [0.3, 0.4) is 0 Å². The van der Waals surface area contributed by atoms with Crippen molar-refractivity contribution in [1.29, 1.82) is 0 Å². The molecule has 0 bridgehead atoms. The van der Waals surface area contributed by atoms with E-state index in [0.29, 0.717) is 28.8 Å². The lowest BCUT2D eigenvalue weighted by Gasteiger charge is -2.01. The second kappa shape index (κ2) is 5.87. The van der Waals surface area contributed by atoms with Gasteiger partial charge in [0.25, 0.3) is 6.01 Å². The fourth-order valence-corrected chi connectivity index (χ4v) is 2.28. The van der Waals surface area contributed by atoms with Crippen molar-refractivity contribution in [2.24, 2.45) is 7.05 Å². The van der Waals surface area contributed by atoms with E-state index in [9.17, 15) is 4.79 Å². The largest absolute Gasteiger partial charge is 0.468 e. The van der Waals surface area contributed by atoms with E-state index >= 15 is 0 Å². The minimum absolute atomic E-state index is 0.184. The zero-order chi connectivity index (χ0) is 13.8. The molecule has 0 aliphatic carbocycles. The van der Waals surface area contributed by atoms with Crippen LogP contribution in [0.5, 0.6) is 6.01 Å². The molecule has 0 amide bonds. The molecule has 8 heteroatoms. The predicted molar refractivity (Wildman–Crippen MR) is 70.2 cm³/mol. The lowest BCUT2D eigenvalue weighted by Crippen LogP contribution is -2.03. The number of carbonyl (C=O) groups excluding carboxylic acids is 1. The molecule has 2 rings (SSSR count). The Morgan fingerprint density at radius 1 is 1.47 bits per heavy atom. The van der Waals surface area contributed by atoms with Crippen molar-refractivity contribution in [2.75, 3.05) is 19.5 Å². The standard InChI is InChI=1S/C11H14N4O3S/c1-4-18-11-14-8-9(15(11)2)12-6-13-10(8)19-5-7(16)17-3/h6H,4-5H2,1-3H3. The third-order valence-electron chi connectivity index (χ3n) is 2.41. The average Bonchev–Trinajstić information content (AvgIpc) is 2.74. The van der Waals surface area contributed by atoms with E-state index in [0.717, 1.165) is 0 Å². The highest BCUT2D eigenvalue weighted by Crippen LogP contribution is 2.26. The van der Waals surface area contributed by atoms with Crippen LogP contribution in [0.25, 0.3) is 11.2 Å². The predicted octanol–water partition coefficient (Wildman–Crippen LogP) is 1.03. The highest BCUT2D eigenvalue weighted by Gasteiger charge is 2.15. The molecule has 0 atom stereocenters. The van der Waals surface area contributed by atoms with E-state index in [-0.39, 0.29) is 11.7 Å². The summed E-state index contributed by atoms with van der Waals surface area (Å²) in [5.41, 5.74) is 1.30. The first-order chi connectivity index (χ1) is 9.17. The molecule has 2 aromatic heterocycles. The van der Waals surface area contributed by atoms with E-state index in [2.05, 4.69) is 19.7 Å². The summed E-state index contributed by atoms with van der Waals surface area (Å²) >= 11 is 1.27. The number of aryl methyl sites for hydroxylation is 1. The summed E-state index contributed by atoms with van der Waals surface area (Å²) in [7, 11) is 3.18. The number of rotatable bonds is 5. The molecule has 0 saturated heterocycles. The summed E-state index contributed by atoms with van der Waals surface area (Å²) in [6.07, 6.45) is 1.44. The normalized spacial score (nSPS) is 10.7. The van der Waals surface area contributed by atoms with Crippen molar-refractivity contribution in [2.45, 2.75) is 11.9 Å². The van der Waals surface area contributed by atoms with Gasteiger partial charge in [-0.15, -0.1) is 0 Å². The number of ether oxygens (including phenoxy) is 2. The lowest BCUT2D eigenvalue weighted by atomic mass is 10.5. The molecule has 102 valence electrons. The maximum absolute atomic E-state index is 11.2. The van der Waals surface area contributed by atoms with Crippen molar-refractivity contribution >= 4 is 28.9 Å². The van der Waals surface area contributed by atoms with Crippen LogP contribution in [-0.4, -0.2) is 45.0 Å². The van der Waals surface area contributed by atoms with Gasteiger partial charge in [0.15, 0.2) is 5.65 Å². The number of hydrogen-bond acceptors (Lipinski definition) is 7. The van der Waals surface area contributed by atoms with Crippen LogP contribution in [-0.2, 0) is 16.6 Å². The monoisotopic (exact) mass is 282 g/mol. The number of fused-ring (bicyclic) bond motifs is 1. The van der Waals surface area contributed by atoms with E-state index in [1.807, 2.05) is 14.0 Å². The van der Waals surface area contributed by atoms with E-state index in [4.69, 9.17) is 4.74 Å². The number of nitrogens with zero attached hydrogens (tertiary/aromatic N) is 4. The van der Waals surface area contributed by atoms with E-state index in [1.165, 1.54) is 25.2 Å². The molecular weight excluding hydrogens is 268 g/mol. The van der Waals surface area contributed by atoms with Gasteiger partial charge in [-0.05, 0) is 6.92 Å². The Morgan fingerprint density at radius 2 is 2.26 bits per heavy atom. The molecule has 0 aliphatic rings. The maximum Gasteiger partial charge on any atom is 0.316 e.